The molecule has 1 aromatic heterocycles. The third kappa shape index (κ3) is 4.55. The summed E-state index contributed by atoms with van der Waals surface area (Å²) in [7, 11) is -4.12. The quantitative estimate of drug-likeness (QED) is 0.352. The molecule has 4 rings (SSSR count). The van der Waals surface area contributed by atoms with Crippen molar-refractivity contribution in [3.8, 4) is 0 Å². The molecular formula is C26H24F3NO2S. The highest BCUT2D eigenvalue weighted by molar-refractivity contribution is 7.91. The van der Waals surface area contributed by atoms with Crippen LogP contribution >= 0.6 is 0 Å². The first-order valence-corrected chi connectivity index (χ1v) is 12.0. The van der Waals surface area contributed by atoms with Crippen LogP contribution in [0, 0.1) is 0 Å². The molecule has 0 radical (unpaired) electrons. The van der Waals surface area contributed by atoms with Crippen LogP contribution in [0.3, 0.4) is 0 Å². The lowest BCUT2D eigenvalue weighted by atomic mass is 9.87. The van der Waals surface area contributed by atoms with E-state index in [1.165, 1.54) is 12.1 Å². The van der Waals surface area contributed by atoms with E-state index in [4.69, 9.17) is 0 Å². The van der Waals surface area contributed by atoms with Crippen LogP contribution in [-0.2, 0) is 27.8 Å². The highest BCUT2D eigenvalue weighted by atomic mass is 32.2. The van der Waals surface area contributed by atoms with Crippen molar-refractivity contribution >= 4 is 20.7 Å². The predicted octanol–water partition coefficient (Wildman–Crippen LogP) is 6.91. The molecule has 33 heavy (non-hydrogen) atoms. The summed E-state index contributed by atoms with van der Waals surface area (Å²) >= 11 is 0. The number of H-pyrrole nitrogens is 1. The molecule has 172 valence electrons. The van der Waals surface area contributed by atoms with Crippen molar-refractivity contribution in [3.63, 3.8) is 0 Å². The van der Waals surface area contributed by atoms with Gasteiger partial charge in [0.15, 0.2) is 0 Å². The van der Waals surface area contributed by atoms with Gasteiger partial charge in [-0.3, -0.25) is 0 Å². The van der Waals surface area contributed by atoms with Crippen molar-refractivity contribution in [2.24, 2.45) is 0 Å². The van der Waals surface area contributed by atoms with Gasteiger partial charge in [0.1, 0.15) is 4.90 Å². The number of halogens is 3. The predicted molar refractivity (Wildman–Crippen MR) is 123 cm³/mol. The maximum atomic E-state index is 13.9. The summed E-state index contributed by atoms with van der Waals surface area (Å²) in [5.74, 6) is 0. The first-order valence-electron chi connectivity index (χ1n) is 10.5. The number of alkyl halides is 3. The Hall–Kier alpha value is -3.06. The van der Waals surface area contributed by atoms with Crippen LogP contribution in [0.2, 0.25) is 0 Å². The Bertz CT molecular complexity index is 1410. The van der Waals surface area contributed by atoms with Crippen LogP contribution in [0.1, 0.15) is 43.2 Å². The zero-order chi connectivity index (χ0) is 24.0. The van der Waals surface area contributed by atoms with Crippen molar-refractivity contribution in [1.82, 2.24) is 4.98 Å². The molecule has 7 heteroatoms. The average Bonchev–Trinajstić information content (AvgIpc) is 3.11. The first-order chi connectivity index (χ1) is 15.4. The standard InChI is InChI=1S/C26H24F3NO2S/c1-25(2,3)18-10-7-11-20(15-18)33(31,32)24-21-16-19(26(27,28)29)12-13-22(21)30-23(24)14-17-8-5-4-6-9-17/h4-13,15-16,30H,14H2,1-3H3. The van der Waals surface area contributed by atoms with Crippen molar-refractivity contribution in [1.29, 1.82) is 0 Å². The summed E-state index contributed by atoms with van der Waals surface area (Å²) < 4.78 is 68.1. The van der Waals surface area contributed by atoms with Crippen molar-refractivity contribution < 1.29 is 21.6 Å². The molecule has 3 nitrogen and oxygen atoms in total. The zero-order valence-electron chi connectivity index (χ0n) is 18.5. The van der Waals surface area contributed by atoms with Crippen molar-refractivity contribution in [3.05, 3.63) is 95.2 Å². The normalized spacial score (nSPS) is 12.9. The van der Waals surface area contributed by atoms with Crippen LogP contribution in [0.5, 0.6) is 0 Å². The van der Waals surface area contributed by atoms with E-state index in [1.807, 2.05) is 57.2 Å². The second kappa shape index (κ2) is 8.06. The first kappa shape index (κ1) is 23.1. The van der Waals surface area contributed by atoms with Crippen LogP contribution in [-0.4, -0.2) is 13.4 Å². The second-order valence-corrected chi connectivity index (χ2v) is 11.0. The molecule has 3 aromatic carbocycles. The maximum absolute atomic E-state index is 13.9. The Labute approximate surface area is 191 Å². The summed E-state index contributed by atoms with van der Waals surface area (Å²) in [5, 5.41) is 0.0388. The van der Waals surface area contributed by atoms with E-state index >= 15 is 0 Å². The van der Waals surface area contributed by atoms with Gasteiger partial charge in [-0.1, -0.05) is 63.2 Å². The molecule has 1 heterocycles. The van der Waals surface area contributed by atoms with Gasteiger partial charge in [-0.2, -0.15) is 13.2 Å². The molecule has 4 aromatic rings. The third-order valence-electron chi connectivity index (χ3n) is 5.65. The number of sulfone groups is 1. The Morgan fingerprint density at radius 2 is 1.52 bits per heavy atom. The molecule has 0 aliphatic heterocycles. The summed E-state index contributed by atoms with van der Waals surface area (Å²) in [6, 6.07) is 19.0. The topological polar surface area (TPSA) is 49.9 Å². The molecule has 0 spiro atoms. The Kier molecular flexibility index (Phi) is 5.65. The largest absolute Gasteiger partial charge is 0.416 e. The van der Waals surface area contributed by atoms with Gasteiger partial charge in [-0.25, -0.2) is 8.42 Å². The molecular weight excluding hydrogens is 447 g/mol. The van der Waals surface area contributed by atoms with E-state index in [2.05, 4.69) is 4.98 Å². The summed E-state index contributed by atoms with van der Waals surface area (Å²) in [5.41, 5.74) is 1.20. The molecule has 0 atom stereocenters. The minimum absolute atomic E-state index is 0.0388. The monoisotopic (exact) mass is 471 g/mol. The fraction of sp³-hybridized carbons (Fsp3) is 0.231. The molecule has 0 fully saturated rings. The number of aromatic amines is 1. The van der Waals surface area contributed by atoms with Gasteiger partial charge >= 0.3 is 6.18 Å². The lowest BCUT2D eigenvalue weighted by Crippen LogP contribution is -2.13. The van der Waals surface area contributed by atoms with Gasteiger partial charge in [0, 0.05) is 23.0 Å². The Balaban J connectivity index is 1.98. The lowest BCUT2D eigenvalue weighted by molar-refractivity contribution is -0.137. The Morgan fingerprint density at radius 1 is 0.818 bits per heavy atom. The number of rotatable bonds is 4. The van der Waals surface area contributed by atoms with Gasteiger partial charge in [0.2, 0.25) is 9.84 Å². The number of benzene rings is 3. The fourth-order valence-corrected chi connectivity index (χ4v) is 5.56. The molecule has 0 aliphatic rings. The number of nitrogens with one attached hydrogen (secondary N) is 1. The van der Waals surface area contributed by atoms with E-state index in [0.29, 0.717) is 11.2 Å². The fourth-order valence-electron chi connectivity index (χ4n) is 3.88. The van der Waals surface area contributed by atoms with Crippen molar-refractivity contribution in [2.75, 3.05) is 0 Å². The van der Waals surface area contributed by atoms with Gasteiger partial charge in [0.25, 0.3) is 0 Å². The highest BCUT2D eigenvalue weighted by Gasteiger charge is 2.33. The molecule has 0 unspecified atom stereocenters. The minimum atomic E-state index is -4.59. The van der Waals surface area contributed by atoms with Gasteiger partial charge in [0.05, 0.1) is 10.5 Å². The third-order valence-corrected chi connectivity index (χ3v) is 7.53. The maximum Gasteiger partial charge on any atom is 0.416 e. The number of hydrogen-bond acceptors (Lipinski definition) is 2. The average molecular weight is 472 g/mol. The molecule has 0 amide bonds. The van der Waals surface area contributed by atoms with Crippen LogP contribution in [0.15, 0.2) is 82.6 Å². The van der Waals surface area contributed by atoms with Gasteiger partial charge < -0.3 is 4.98 Å². The van der Waals surface area contributed by atoms with E-state index in [-0.39, 0.29) is 27.0 Å². The number of fused-ring (bicyclic) bond motifs is 1. The molecule has 0 saturated heterocycles. The van der Waals surface area contributed by atoms with Gasteiger partial charge in [-0.05, 0) is 46.9 Å². The van der Waals surface area contributed by atoms with E-state index < -0.39 is 21.6 Å². The van der Waals surface area contributed by atoms with Crippen molar-refractivity contribution in [2.45, 2.75) is 48.6 Å². The van der Waals surface area contributed by atoms with Crippen LogP contribution in [0.4, 0.5) is 13.2 Å². The molecule has 0 saturated carbocycles. The number of aromatic nitrogens is 1. The summed E-state index contributed by atoms with van der Waals surface area (Å²) in [6.45, 7) is 5.92. The summed E-state index contributed by atoms with van der Waals surface area (Å²) in [4.78, 5) is 3.01. The summed E-state index contributed by atoms with van der Waals surface area (Å²) in [6.07, 6.45) is -4.34. The highest BCUT2D eigenvalue weighted by Crippen LogP contribution is 2.38. The molecule has 0 bridgehead atoms. The smallest absolute Gasteiger partial charge is 0.357 e. The molecule has 0 aliphatic carbocycles. The lowest BCUT2D eigenvalue weighted by Gasteiger charge is -2.20. The molecule has 1 N–H and O–H groups in total. The van der Waals surface area contributed by atoms with Crippen LogP contribution < -0.4 is 0 Å². The van der Waals surface area contributed by atoms with E-state index in [1.54, 1.807) is 12.1 Å². The van der Waals surface area contributed by atoms with E-state index in [0.717, 1.165) is 23.3 Å². The van der Waals surface area contributed by atoms with Gasteiger partial charge in [-0.15, -0.1) is 0 Å². The van der Waals surface area contributed by atoms with Crippen LogP contribution in [0.25, 0.3) is 10.9 Å². The minimum Gasteiger partial charge on any atom is -0.357 e. The second-order valence-electron chi connectivity index (χ2n) is 9.13. The SMILES string of the molecule is CC(C)(C)c1cccc(S(=O)(=O)c2c(Cc3ccccc3)[nH]c3ccc(C(F)(F)F)cc23)c1. The van der Waals surface area contributed by atoms with E-state index in [9.17, 15) is 21.6 Å². The Morgan fingerprint density at radius 3 is 2.15 bits per heavy atom. The zero-order valence-corrected chi connectivity index (χ0v) is 19.3. The number of hydrogen-bond donors (Lipinski definition) is 1.